The Morgan fingerprint density at radius 3 is 2.54 bits per heavy atom. The van der Waals surface area contributed by atoms with Gasteiger partial charge in [0.1, 0.15) is 5.82 Å². The van der Waals surface area contributed by atoms with E-state index in [1.165, 1.54) is 0 Å². The molecule has 1 saturated heterocycles. The number of hydrogen-bond acceptors (Lipinski definition) is 7. The summed E-state index contributed by atoms with van der Waals surface area (Å²) < 4.78 is 0. The van der Waals surface area contributed by atoms with E-state index in [0.717, 1.165) is 42.5 Å². The molecule has 3 rings (SSSR count). The van der Waals surface area contributed by atoms with Gasteiger partial charge in [0.05, 0.1) is 11.9 Å². The summed E-state index contributed by atoms with van der Waals surface area (Å²) in [5, 5.41) is 6.58. The summed E-state index contributed by atoms with van der Waals surface area (Å²) in [7, 11) is 0. The molecule has 3 heterocycles. The second-order valence-corrected chi connectivity index (χ2v) is 7.24. The highest BCUT2D eigenvalue weighted by Crippen LogP contribution is 2.21. The zero-order chi connectivity index (χ0) is 18.4. The van der Waals surface area contributed by atoms with Crippen LogP contribution in [-0.4, -0.2) is 46.7 Å². The van der Waals surface area contributed by atoms with E-state index in [4.69, 9.17) is 0 Å². The van der Waals surface area contributed by atoms with Crippen molar-refractivity contribution in [3.05, 3.63) is 30.7 Å². The number of thioether (sulfide) groups is 1. The molecule has 1 aliphatic heterocycles. The van der Waals surface area contributed by atoms with Gasteiger partial charge in [0.25, 0.3) is 0 Å². The van der Waals surface area contributed by atoms with Crippen molar-refractivity contribution in [1.82, 2.24) is 15.0 Å². The fourth-order valence-electron chi connectivity index (χ4n) is 2.70. The van der Waals surface area contributed by atoms with Crippen molar-refractivity contribution in [1.29, 1.82) is 0 Å². The molecule has 0 aromatic carbocycles. The van der Waals surface area contributed by atoms with Crippen LogP contribution in [0.4, 0.5) is 17.5 Å². The monoisotopic (exact) mass is 372 g/mol. The van der Waals surface area contributed by atoms with Crippen LogP contribution in [0.1, 0.15) is 19.8 Å². The van der Waals surface area contributed by atoms with E-state index in [9.17, 15) is 4.79 Å². The van der Waals surface area contributed by atoms with Crippen LogP contribution in [0.3, 0.4) is 0 Å². The minimum atomic E-state index is 0.181. The maximum atomic E-state index is 11.8. The molecule has 0 spiro atoms. The van der Waals surface area contributed by atoms with Crippen molar-refractivity contribution >= 4 is 35.1 Å². The Bertz CT molecular complexity index is 721. The number of nitrogens with one attached hydrogen (secondary N) is 2. The largest absolute Gasteiger partial charge is 0.370 e. The highest BCUT2D eigenvalue weighted by Gasteiger charge is 2.21. The Morgan fingerprint density at radius 1 is 1.15 bits per heavy atom. The molecular weight excluding hydrogens is 348 g/mol. The first kappa shape index (κ1) is 18.4. The molecule has 2 N–H and O–H groups in total. The summed E-state index contributed by atoms with van der Waals surface area (Å²) >= 11 is 1.63. The molecule has 1 amide bonds. The molecular formula is C18H24N6OS. The minimum Gasteiger partial charge on any atom is -0.370 e. The van der Waals surface area contributed by atoms with Gasteiger partial charge < -0.3 is 15.5 Å². The molecule has 1 aliphatic rings. The number of carbonyl (C=O) groups is 1. The maximum absolute atomic E-state index is 11.8. The molecule has 1 fully saturated rings. The molecule has 1 atom stereocenters. The highest BCUT2D eigenvalue weighted by atomic mass is 32.2. The number of pyridine rings is 1. The van der Waals surface area contributed by atoms with Gasteiger partial charge in [-0.05, 0) is 30.7 Å². The number of amides is 1. The lowest BCUT2D eigenvalue weighted by atomic mass is 10.2. The summed E-state index contributed by atoms with van der Waals surface area (Å²) in [5.74, 6) is 2.01. The lowest BCUT2D eigenvalue weighted by Crippen LogP contribution is -2.24. The smallest absolute Gasteiger partial charge is 0.227 e. The van der Waals surface area contributed by atoms with Gasteiger partial charge in [0.15, 0.2) is 0 Å². The average Bonchev–Trinajstić information content (AvgIpc) is 3.11. The molecule has 7 nitrogen and oxygen atoms in total. The van der Waals surface area contributed by atoms with E-state index in [1.807, 2.05) is 30.8 Å². The Hall–Kier alpha value is -2.35. The Morgan fingerprint density at radius 2 is 1.92 bits per heavy atom. The molecule has 1 unspecified atom stereocenters. The van der Waals surface area contributed by atoms with Crippen molar-refractivity contribution in [3.8, 4) is 0 Å². The van der Waals surface area contributed by atoms with Crippen LogP contribution >= 0.6 is 11.8 Å². The van der Waals surface area contributed by atoms with E-state index in [-0.39, 0.29) is 5.91 Å². The van der Waals surface area contributed by atoms with Crippen LogP contribution in [-0.2, 0) is 4.79 Å². The van der Waals surface area contributed by atoms with Crippen molar-refractivity contribution in [2.24, 2.45) is 5.92 Å². The van der Waals surface area contributed by atoms with Gasteiger partial charge >= 0.3 is 0 Å². The summed E-state index contributed by atoms with van der Waals surface area (Å²) in [6, 6.07) is 3.87. The summed E-state index contributed by atoms with van der Waals surface area (Å²) in [6.45, 7) is 4.49. The second-order valence-electron chi connectivity index (χ2n) is 6.36. The van der Waals surface area contributed by atoms with Crippen LogP contribution in [0.25, 0.3) is 0 Å². The molecule has 26 heavy (non-hydrogen) atoms. The van der Waals surface area contributed by atoms with E-state index in [2.05, 4.69) is 32.5 Å². The SMILES string of the molecule is CSc1cnc(NCC(C)CNc2ccc(N3CCCC3=O)cn2)nc1. The third-order valence-electron chi connectivity index (χ3n) is 4.24. The Balaban J connectivity index is 1.43. The lowest BCUT2D eigenvalue weighted by molar-refractivity contribution is -0.117. The third-order valence-corrected chi connectivity index (χ3v) is 4.92. The van der Waals surface area contributed by atoms with Gasteiger partial charge in [-0.2, -0.15) is 0 Å². The van der Waals surface area contributed by atoms with Crippen molar-refractivity contribution in [2.75, 3.05) is 41.4 Å². The highest BCUT2D eigenvalue weighted by molar-refractivity contribution is 7.98. The van der Waals surface area contributed by atoms with Crippen LogP contribution in [0.15, 0.2) is 35.6 Å². The molecule has 2 aromatic heterocycles. The van der Waals surface area contributed by atoms with E-state index < -0.39 is 0 Å². The van der Waals surface area contributed by atoms with E-state index >= 15 is 0 Å². The number of hydrogen-bond donors (Lipinski definition) is 2. The normalized spacial score (nSPS) is 15.2. The van der Waals surface area contributed by atoms with Crippen molar-refractivity contribution in [2.45, 2.75) is 24.7 Å². The molecule has 8 heteroatoms. The third kappa shape index (κ3) is 4.85. The van der Waals surface area contributed by atoms with Crippen molar-refractivity contribution in [3.63, 3.8) is 0 Å². The molecule has 0 saturated carbocycles. The topological polar surface area (TPSA) is 83.0 Å². The Labute approximate surface area is 158 Å². The number of nitrogens with zero attached hydrogens (tertiary/aromatic N) is 4. The number of anilines is 3. The molecule has 0 aliphatic carbocycles. The second kappa shape index (κ2) is 8.84. The van der Waals surface area contributed by atoms with Crippen LogP contribution < -0.4 is 15.5 Å². The average molecular weight is 372 g/mol. The van der Waals surface area contributed by atoms with Gasteiger partial charge in [-0.1, -0.05) is 6.92 Å². The van der Waals surface area contributed by atoms with Crippen LogP contribution in [0, 0.1) is 5.92 Å². The fraction of sp³-hybridized carbons (Fsp3) is 0.444. The zero-order valence-electron chi connectivity index (χ0n) is 15.1. The first-order chi connectivity index (χ1) is 12.7. The van der Waals surface area contributed by atoms with Gasteiger partial charge in [0.2, 0.25) is 11.9 Å². The fourth-order valence-corrected chi connectivity index (χ4v) is 3.02. The molecule has 2 aromatic rings. The van der Waals surface area contributed by atoms with Crippen LogP contribution in [0.5, 0.6) is 0 Å². The number of carbonyl (C=O) groups excluding carboxylic acids is 1. The zero-order valence-corrected chi connectivity index (χ0v) is 15.9. The molecule has 0 radical (unpaired) electrons. The van der Waals surface area contributed by atoms with E-state index in [0.29, 0.717) is 18.3 Å². The Kier molecular flexibility index (Phi) is 6.27. The standard InChI is InChI=1S/C18H24N6OS/c1-13(9-21-18-22-11-15(26-2)12-23-18)8-19-16-6-5-14(10-20-16)24-7-3-4-17(24)25/h5-6,10-13H,3-4,7-9H2,1-2H3,(H,19,20)(H,21,22,23). The maximum Gasteiger partial charge on any atom is 0.227 e. The summed E-state index contributed by atoms with van der Waals surface area (Å²) in [6.07, 6.45) is 8.96. The first-order valence-corrected chi connectivity index (χ1v) is 9.98. The molecule has 138 valence electrons. The predicted octanol–water partition coefficient (Wildman–Crippen LogP) is 2.88. The first-order valence-electron chi connectivity index (χ1n) is 8.76. The van der Waals surface area contributed by atoms with Gasteiger partial charge in [0, 0.05) is 43.3 Å². The lowest BCUT2D eigenvalue weighted by Gasteiger charge is -2.17. The van der Waals surface area contributed by atoms with E-state index in [1.54, 1.807) is 22.9 Å². The summed E-state index contributed by atoms with van der Waals surface area (Å²) in [5.41, 5.74) is 0.874. The van der Waals surface area contributed by atoms with Gasteiger partial charge in [-0.15, -0.1) is 11.8 Å². The van der Waals surface area contributed by atoms with Crippen molar-refractivity contribution < 1.29 is 4.79 Å². The predicted molar refractivity (Wildman–Crippen MR) is 106 cm³/mol. The van der Waals surface area contributed by atoms with Crippen LogP contribution in [0.2, 0.25) is 0 Å². The molecule has 0 bridgehead atoms. The number of aromatic nitrogens is 3. The quantitative estimate of drug-likeness (QED) is 0.689. The van der Waals surface area contributed by atoms with Gasteiger partial charge in [-0.25, -0.2) is 15.0 Å². The minimum absolute atomic E-state index is 0.181. The number of rotatable bonds is 8. The van der Waals surface area contributed by atoms with Gasteiger partial charge in [-0.3, -0.25) is 4.79 Å². The summed E-state index contributed by atoms with van der Waals surface area (Å²) in [4.78, 5) is 27.6.